The quantitative estimate of drug-likeness (QED) is 0.631. The van der Waals surface area contributed by atoms with Crippen LogP contribution in [0.4, 0.5) is 0 Å². The second kappa shape index (κ2) is 4.21. The van der Waals surface area contributed by atoms with Crippen LogP contribution < -0.4 is 5.32 Å². The van der Waals surface area contributed by atoms with Gasteiger partial charge < -0.3 is 15.3 Å². The van der Waals surface area contributed by atoms with E-state index in [0.29, 0.717) is 5.54 Å². The second-order valence-corrected chi connectivity index (χ2v) is 3.88. The molecule has 1 aliphatic rings. The van der Waals surface area contributed by atoms with Crippen molar-refractivity contribution in [3.63, 3.8) is 0 Å². The van der Waals surface area contributed by atoms with E-state index in [-0.39, 0.29) is 6.61 Å². The van der Waals surface area contributed by atoms with Crippen LogP contribution in [0.2, 0.25) is 0 Å². The van der Waals surface area contributed by atoms with Crippen LogP contribution in [-0.4, -0.2) is 48.8 Å². The molecule has 3 nitrogen and oxygen atoms in total. The summed E-state index contributed by atoms with van der Waals surface area (Å²) in [6.07, 6.45) is 2.37. The third kappa shape index (κ3) is 2.44. The molecule has 0 aromatic heterocycles. The van der Waals surface area contributed by atoms with Crippen LogP contribution in [-0.2, 0) is 0 Å². The minimum Gasteiger partial charge on any atom is -0.395 e. The predicted octanol–water partition coefficient (Wildman–Crippen LogP) is 0.0526. The Balaban J connectivity index is 2.29. The lowest BCUT2D eigenvalue weighted by molar-refractivity contribution is 0.127. The first kappa shape index (κ1) is 9.96. The molecule has 0 radical (unpaired) electrons. The Labute approximate surface area is 74.8 Å². The van der Waals surface area contributed by atoms with E-state index in [1.165, 1.54) is 12.8 Å². The predicted molar refractivity (Wildman–Crippen MR) is 50.2 cm³/mol. The summed E-state index contributed by atoms with van der Waals surface area (Å²) in [5, 5.41) is 12.1. The monoisotopic (exact) mass is 172 g/mol. The Bertz CT molecular complexity index is 130. The van der Waals surface area contributed by atoms with Crippen LogP contribution >= 0.6 is 0 Å². The van der Waals surface area contributed by atoms with E-state index in [1.54, 1.807) is 0 Å². The highest BCUT2D eigenvalue weighted by Gasteiger charge is 2.27. The molecule has 0 atom stereocenters. The average molecular weight is 172 g/mol. The number of hydrogen-bond acceptors (Lipinski definition) is 3. The van der Waals surface area contributed by atoms with Gasteiger partial charge in [0.05, 0.1) is 6.61 Å². The number of piperidine rings is 1. The van der Waals surface area contributed by atoms with Crippen LogP contribution in [0, 0.1) is 0 Å². The lowest BCUT2D eigenvalue weighted by Crippen LogP contribution is -2.50. The lowest BCUT2D eigenvalue weighted by Gasteiger charge is -2.39. The van der Waals surface area contributed by atoms with Crippen molar-refractivity contribution in [3.05, 3.63) is 0 Å². The van der Waals surface area contributed by atoms with Gasteiger partial charge in [-0.05, 0) is 39.9 Å². The van der Waals surface area contributed by atoms with Crippen LogP contribution in [0.15, 0.2) is 0 Å². The molecule has 1 heterocycles. The molecule has 0 spiro atoms. The van der Waals surface area contributed by atoms with Gasteiger partial charge in [0.1, 0.15) is 0 Å². The molecule has 0 aromatic rings. The maximum absolute atomic E-state index is 8.75. The molecule has 2 N–H and O–H groups in total. The van der Waals surface area contributed by atoms with Gasteiger partial charge in [-0.2, -0.15) is 0 Å². The Morgan fingerprint density at radius 2 is 2.00 bits per heavy atom. The largest absolute Gasteiger partial charge is 0.395 e. The summed E-state index contributed by atoms with van der Waals surface area (Å²) in [7, 11) is 2.03. The van der Waals surface area contributed by atoms with Crippen molar-refractivity contribution in [2.45, 2.75) is 25.3 Å². The van der Waals surface area contributed by atoms with E-state index >= 15 is 0 Å². The van der Waals surface area contributed by atoms with Crippen LogP contribution in [0.3, 0.4) is 0 Å². The van der Waals surface area contributed by atoms with Crippen LogP contribution in [0.5, 0.6) is 0 Å². The van der Waals surface area contributed by atoms with Gasteiger partial charge in [0, 0.05) is 12.1 Å². The van der Waals surface area contributed by atoms with Crippen molar-refractivity contribution >= 4 is 0 Å². The number of aliphatic hydroxyl groups is 1. The molecule has 1 saturated heterocycles. The van der Waals surface area contributed by atoms with Gasteiger partial charge in [-0.15, -0.1) is 0 Å². The van der Waals surface area contributed by atoms with Gasteiger partial charge in [-0.3, -0.25) is 0 Å². The molecule has 0 unspecified atom stereocenters. The normalized spacial score (nSPS) is 24.2. The number of hydrogen-bond donors (Lipinski definition) is 2. The molecule has 0 amide bonds. The fourth-order valence-electron chi connectivity index (χ4n) is 1.66. The van der Waals surface area contributed by atoms with E-state index in [9.17, 15) is 0 Å². The first-order valence-electron chi connectivity index (χ1n) is 4.72. The zero-order valence-corrected chi connectivity index (χ0v) is 8.14. The van der Waals surface area contributed by atoms with E-state index in [0.717, 1.165) is 19.6 Å². The Kier molecular flexibility index (Phi) is 3.50. The van der Waals surface area contributed by atoms with Gasteiger partial charge >= 0.3 is 0 Å². The smallest absolute Gasteiger partial charge is 0.0558 e. The third-order valence-electron chi connectivity index (χ3n) is 2.98. The van der Waals surface area contributed by atoms with Crippen molar-refractivity contribution in [2.75, 3.05) is 33.3 Å². The van der Waals surface area contributed by atoms with Gasteiger partial charge in [0.15, 0.2) is 0 Å². The molecule has 0 aromatic carbocycles. The molecule has 1 aliphatic heterocycles. The Hall–Kier alpha value is -0.120. The molecule has 1 rings (SSSR count). The fourth-order valence-corrected chi connectivity index (χ4v) is 1.66. The van der Waals surface area contributed by atoms with Crippen molar-refractivity contribution in [1.82, 2.24) is 10.2 Å². The fraction of sp³-hybridized carbons (Fsp3) is 1.00. The standard InChI is InChI=1S/C9H20N2O/c1-9(10-2)3-5-11(6-4-9)7-8-12/h10,12H,3-8H2,1-2H3. The summed E-state index contributed by atoms with van der Waals surface area (Å²) < 4.78 is 0. The maximum Gasteiger partial charge on any atom is 0.0558 e. The zero-order chi connectivity index (χ0) is 9.03. The summed E-state index contributed by atoms with van der Waals surface area (Å²) in [6.45, 7) is 5.61. The number of aliphatic hydroxyl groups excluding tert-OH is 1. The average Bonchev–Trinajstić information content (AvgIpc) is 2.10. The van der Waals surface area contributed by atoms with Crippen molar-refractivity contribution < 1.29 is 5.11 Å². The highest BCUT2D eigenvalue weighted by atomic mass is 16.3. The van der Waals surface area contributed by atoms with Gasteiger partial charge in [0.25, 0.3) is 0 Å². The molecular formula is C9H20N2O. The second-order valence-electron chi connectivity index (χ2n) is 3.88. The highest BCUT2D eigenvalue weighted by Crippen LogP contribution is 2.20. The van der Waals surface area contributed by atoms with Gasteiger partial charge in [-0.25, -0.2) is 0 Å². The molecular weight excluding hydrogens is 152 g/mol. The van der Waals surface area contributed by atoms with Crippen LogP contribution in [0.1, 0.15) is 19.8 Å². The maximum atomic E-state index is 8.75. The number of rotatable bonds is 3. The van der Waals surface area contributed by atoms with Gasteiger partial charge in [0.2, 0.25) is 0 Å². The Morgan fingerprint density at radius 3 is 2.42 bits per heavy atom. The minimum absolute atomic E-state index is 0.288. The molecule has 12 heavy (non-hydrogen) atoms. The molecule has 0 bridgehead atoms. The van der Waals surface area contributed by atoms with E-state index < -0.39 is 0 Å². The number of nitrogens with one attached hydrogen (secondary N) is 1. The van der Waals surface area contributed by atoms with E-state index in [4.69, 9.17) is 5.11 Å². The minimum atomic E-state index is 0.288. The summed E-state index contributed by atoms with van der Waals surface area (Å²) in [6, 6.07) is 0. The molecule has 72 valence electrons. The zero-order valence-electron chi connectivity index (χ0n) is 8.14. The Morgan fingerprint density at radius 1 is 1.42 bits per heavy atom. The lowest BCUT2D eigenvalue weighted by atomic mass is 9.90. The number of β-amino-alcohol motifs (C(OH)–C–C–N with tert-alkyl or cyclic N) is 1. The summed E-state index contributed by atoms with van der Waals surface area (Å²) in [5.74, 6) is 0. The van der Waals surface area contributed by atoms with Crippen LogP contribution in [0.25, 0.3) is 0 Å². The summed E-state index contributed by atoms with van der Waals surface area (Å²) >= 11 is 0. The summed E-state index contributed by atoms with van der Waals surface area (Å²) in [5.41, 5.74) is 0.325. The first-order valence-corrected chi connectivity index (χ1v) is 4.72. The third-order valence-corrected chi connectivity index (χ3v) is 2.98. The molecule has 1 fully saturated rings. The highest BCUT2D eigenvalue weighted by molar-refractivity contribution is 4.87. The first-order chi connectivity index (χ1) is 5.70. The number of likely N-dealkylation sites (tertiary alicyclic amines) is 1. The van der Waals surface area contributed by atoms with Crippen molar-refractivity contribution in [3.8, 4) is 0 Å². The van der Waals surface area contributed by atoms with Gasteiger partial charge in [-0.1, -0.05) is 0 Å². The molecule has 0 saturated carbocycles. The van der Waals surface area contributed by atoms with Crippen molar-refractivity contribution in [2.24, 2.45) is 0 Å². The van der Waals surface area contributed by atoms with Crippen molar-refractivity contribution in [1.29, 1.82) is 0 Å². The van der Waals surface area contributed by atoms with E-state index in [2.05, 4.69) is 17.1 Å². The topological polar surface area (TPSA) is 35.5 Å². The molecule has 3 heteroatoms. The van der Waals surface area contributed by atoms with E-state index in [1.807, 2.05) is 7.05 Å². The molecule has 0 aliphatic carbocycles. The summed E-state index contributed by atoms with van der Waals surface area (Å²) in [4.78, 5) is 2.32. The SMILES string of the molecule is CNC1(C)CCN(CCO)CC1. The number of nitrogens with zero attached hydrogens (tertiary/aromatic N) is 1.